The number of rotatable bonds is 10. The Bertz CT molecular complexity index is 1140. The Balaban J connectivity index is 1.37. The first-order chi connectivity index (χ1) is 19.1. The Kier molecular flexibility index (Phi) is 10.1. The minimum absolute atomic E-state index is 0.201. The number of fused-ring (bicyclic) bond motifs is 1. The average molecular weight is 562 g/mol. The zero-order chi connectivity index (χ0) is 28.9. The smallest absolute Gasteiger partial charge is 0.416 e. The topological polar surface area (TPSA) is 45.3 Å². The monoisotopic (exact) mass is 561 g/mol. The van der Waals surface area contributed by atoms with Crippen molar-refractivity contribution >= 4 is 5.91 Å². The second kappa shape index (κ2) is 13.4. The van der Waals surface area contributed by atoms with E-state index in [0.29, 0.717) is 25.3 Å². The Morgan fingerprint density at radius 3 is 2.45 bits per heavy atom. The van der Waals surface area contributed by atoms with Gasteiger partial charge in [0, 0.05) is 64.1 Å². The normalized spacial score (nSPS) is 20.1. The van der Waals surface area contributed by atoms with Crippen molar-refractivity contribution in [2.45, 2.75) is 57.8 Å². The van der Waals surface area contributed by atoms with Crippen LogP contribution in [0.3, 0.4) is 0 Å². The van der Waals surface area contributed by atoms with Gasteiger partial charge in [-0.25, -0.2) is 0 Å². The van der Waals surface area contributed by atoms with E-state index in [1.54, 1.807) is 12.0 Å². The largest absolute Gasteiger partial charge is 0.492 e. The van der Waals surface area contributed by atoms with Crippen LogP contribution in [0.1, 0.15) is 64.3 Å². The molecule has 2 aliphatic rings. The summed E-state index contributed by atoms with van der Waals surface area (Å²) in [6, 6.07) is 9.35. The van der Waals surface area contributed by atoms with Gasteiger partial charge >= 0.3 is 6.18 Å². The molecule has 0 spiro atoms. The van der Waals surface area contributed by atoms with Crippen molar-refractivity contribution in [2.24, 2.45) is 0 Å². The van der Waals surface area contributed by atoms with Crippen LogP contribution in [0.2, 0.25) is 0 Å². The third kappa shape index (κ3) is 7.17. The highest BCUT2D eigenvalue weighted by atomic mass is 19.4. The summed E-state index contributed by atoms with van der Waals surface area (Å²) in [4.78, 5) is 19.7. The standard InChI is InChI=1S/C31H42F3N3O3/c1-22-23(2)29(40-20-18-35(3)15-6-19-39-4)14-13-27(22)28-8-5-7-26-21-36(16-17-37(26)28)30(38)24-9-11-25(12-10-24)31(32,33)34/h9-14,26,28H,5-8,15-21H2,1-4H3/t26-,28?/m0/s1. The molecule has 2 heterocycles. The van der Waals surface area contributed by atoms with E-state index in [0.717, 1.165) is 75.4 Å². The van der Waals surface area contributed by atoms with Gasteiger partial charge in [0.05, 0.1) is 5.56 Å². The number of likely N-dealkylation sites (N-methyl/N-ethyl adjacent to an activating group) is 1. The highest BCUT2D eigenvalue weighted by molar-refractivity contribution is 5.94. The van der Waals surface area contributed by atoms with E-state index in [-0.39, 0.29) is 18.0 Å². The molecule has 4 rings (SSSR count). The van der Waals surface area contributed by atoms with Crippen molar-refractivity contribution in [3.8, 4) is 5.75 Å². The second-order valence-electron chi connectivity index (χ2n) is 11.1. The van der Waals surface area contributed by atoms with E-state index in [1.807, 2.05) is 0 Å². The van der Waals surface area contributed by atoms with Crippen LogP contribution in [0.4, 0.5) is 13.2 Å². The average Bonchev–Trinajstić information content (AvgIpc) is 2.94. The molecule has 2 saturated heterocycles. The number of nitrogens with zero attached hydrogens (tertiary/aromatic N) is 3. The molecule has 40 heavy (non-hydrogen) atoms. The van der Waals surface area contributed by atoms with E-state index in [4.69, 9.17) is 9.47 Å². The lowest BCUT2D eigenvalue weighted by molar-refractivity contribution is -0.137. The van der Waals surface area contributed by atoms with Crippen molar-refractivity contribution in [3.63, 3.8) is 0 Å². The fourth-order valence-electron chi connectivity index (χ4n) is 5.99. The molecule has 2 fully saturated rings. The van der Waals surface area contributed by atoms with E-state index >= 15 is 0 Å². The lowest BCUT2D eigenvalue weighted by Gasteiger charge is -2.49. The zero-order valence-electron chi connectivity index (χ0n) is 24.1. The number of alkyl halides is 3. The molecule has 2 atom stereocenters. The minimum atomic E-state index is -4.41. The Morgan fingerprint density at radius 1 is 1.00 bits per heavy atom. The van der Waals surface area contributed by atoms with E-state index in [2.05, 4.69) is 42.8 Å². The maximum absolute atomic E-state index is 13.1. The predicted molar refractivity (Wildman–Crippen MR) is 150 cm³/mol. The minimum Gasteiger partial charge on any atom is -0.492 e. The summed E-state index contributed by atoms with van der Waals surface area (Å²) in [5, 5.41) is 0. The molecule has 2 aromatic rings. The highest BCUT2D eigenvalue weighted by Gasteiger charge is 2.38. The zero-order valence-corrected chi connectivity index (χ0v) is 24.1. The maximum Gasteiger partial charge on any atom is 0.416 e. The van der Waals surface area contributed by atoms with Gasteiger partial charge in [-0.15, -0.1) is 0 Å². The van der Waals surface area contributed by atoms with Crippen molar-refractivity contribution in [3.05, 3.63) is 64.2 Å². The fraction of sp³-hybridized carbons (Fsp3) is 0.581. The van der Waals surface area contributed by atoms with Gasteiger partial charge in [-0.1, -0.05) is 6.07 Å². The first-order valence-electron chi connectivity index (χ1n) is 14.2. The van der Waals surface area contributed by atoms with Gasteiger partial charge in [-0.3, -0.25) is 9.69 Å². The SMILES string of the molecule is COCCCN(C)CCOc1ccc(C2CCC[C@H]3CN(C(=O)c4ccc(C(F)(F)F)cc4)CCN23)c(C)c1C. The summed E-state index contributed by atoms with van der Waals surface area (Å²) in [6.07, 6.45) is -0.271. The molecular weight excluding hydrogens is 519 g/mol. The molecule has 2 aliphatic heterocycles. The molecule has 9 heteroatoms. The molecule has 0 saturated carbocycles. The highest BCUT2D eigenvalue weighted by Crippen LogP contribution is 2.39. The van der Waals surface area contributed by atoms with Gasteiger partial charge in [-0.2, -0.15) is 13.2 Å². The number of methoxy groups -OCH3 is 1. The lowest BCUT2D eigenvalue weighted by atomic mass is 9.86. The van der Waals surface area contributed by atoms with Crippen LogP contribution in [0.25, 0.3) is 0 Å². The van der Waals surface area contributed by atoms with Gasteiger partial charge in [0.1, 0.15) is 12.4 Å². The molecule has 0 aromatic heterocycles. The van der Waals surface area contributed by atoms with E-state index in [9.17, 15) is 18.0 Å². The molecule has 0 N–H and O–H groups in total. The van der Waals surface area contributed by atoms with Gasteiger partial charge in [0.25, 0.3) is 5.91 Å². The quantitative estimate of drug-likeness (QED) is 0.347. The molecule has 220 valence electrons. The molecule has 0 radical (unpaired) electrons. The number of piperidine rings is 1. The van der Waals surface area contributed by atoms with Crippen molar-refractivity contribution in [1.29, 1.82) is 0 Å². The number of hydrogen-bond donors (Lipinski definition) is 0. The summed E-state index contributed by atoms with van der Waals surface area (Å²) in [6.45, 7) is 9.40. The Morgan fingerprint density at radius 2 is 1.75 bits per heavy atom. The van der Waals surface area contributed by atoms with Gasteiger partial charge in [0.2, 0.25) is 0 Å². The lowest BCUT2D eigenvalue weighted by Crippen LogP contribution is -2.57. The van der Waals surface area contributed by atoms with Crippen LogP contribution in [0, 0.1) is 13.8 Å². The molecule has 0 bridgehead atoms. The molecular formula is C31H42F3N3O3. The van der Waals surface area contributed by atoms with Crippen molar-refractivity contribution < 1.29 is 27.4 Å². The van der Waals surface area contributed by atoms with Crippen LogP contribution in [0.5, 0.6) is 5.75 Å². The Hall–Kier alpha value is -2.62. The third-order valence-electron chi connectivity index (χ3n) is 8.45. The van der Waals surface area contributed by atoms with E-state index in [1.165, 1.54) is 23.3 Å². The molecule has 6 nitrogen and oxygen atoms in total. The predicted octanol–water partition coefficient (Wildman–Crippen LogP) is 5.72. The summed E-state index contributed by atoms with van der Waals surface area (Å²) in [7, 11) is 3.82. The number of carbonyl (C=O) groups is 1. The number of piperazine rings is 1. The molecule has 0 aliphatic carbocycles. The fourth-order valence-corrected chi connectivity index (χ4v) is 5.99. The summed E-state index contributed by atoms with van der Waals surface area (Å²) in [5.41, 5.74) is 3.29. The summed E-state index contributed by atoms with van der Waals surface area (Å²) >= 11 is 0. The van der Waals surface area contributed by atoms with Gasteiger partial charge in [0.15, 0.2) is 0 Å². The van der Waals surface area contributed by atoms with Crippen molar-refractivity contribution in [1.82, 2.24) is 14.7 Å². The van der Waals surface area contributed by atoms with Gasteiger partial charge in [-0.05, 0) is 93.6 Å². The van der Waals surface area contributed by atoms with Crippen LogP contribution in [-0.4, -0.2) is 86.7 Å². The summed E-state index contributed by atoms with van der Waals surface area (Å²) < 4.78 is 50.1. The number of benzene rings is 2. The molecule has 1 unspecified atom stereocenters. The number of ether oxygens (including phenoxy) is 2. The van der Waals surface area contributed by atoms with Gasteiger partial charge < -0.3 is 19.3 Å². The van der Waals surface area contributed by atoms with Crippen molar-refractivity contribution in [2.75, 3.05) is 60.1 Å². The first kappa shape index (κ1) is 30.3. The Labute approximate surface area is 236 Å². The summed E-state index contributed by atoms with van der Waals surface area (Å²) in [5.74, 6) is 0.722. The maximum atomic E-state index is 13.1. The molecule has 1 amide bonds. The number of halogens is 3. The number of amides is 1. The first-order valence-corrected chi connectivity index (χ1v) is 14.2. The number of hydrogen-bond acceptors (Lipinski definition) is 5. The molecule has 2 aromatic carbocycles. The third-order valence-corrected chi connectivity index (χ3v) is 8.45. The second-order valence-corrected chi connectivity index (χ2v) is 11.1. The van der Waals surface area contributed by atoms with Crippen LogP contribution < -0.4 is 4.74 Å². The number of carbonyl (C=O) groups excluding carboxylic acids is 1. The van der Waals surface area contributed by atoms with E-state index < -0.39 is 11.7 Å². The van der Waals surface area contributed by atoms with Crippen LogP contribution >= 0.6 is 0 Å². The van der Waals surface area contributed by atoms with Crippen LogP contribution in [0.15, 0.2) is 36.4 Å². The van der Waals surface area contributed by atoms with Crippen LogP contribution in [-0.2, 0) is 10.9 Å².